The standard InChI is InChI=1S/C13H18F2N4O/c14-10-6-11(15)12(18-7-10)19-5-1-2-9(8-19)13(20)17-4-3-16/h6-7,9H,1-5,8,16H2,(H,17,20). The van der Waals surface area contributed by atoms with Crippen LogP contribution in [0.4, 0.5) is 14.6 Å². The monoisotopic (exact) mass is 284 g/mol. The molecule has 0 radical (unpaired) electrons. The minimum atomic E-state index is -0.708. The van der Waals surface area contributed by atoms with E-state index >= 15 is 0 Å². The minimum Gasteiger partial charge on any atom is -0.355 e. The van der Waals surface area contributed by atoms with Gasteiger partial charge in [0.25, 0.3) is 0 Å². The number of pyridine rings is 1. The molecule has 1 unspecified atom stereocenters. The molecule has 0 spiro atoms. The highest BCUT2D eigenvalue weighted by molar-refractivity contribution is 5.79. The summed E-state index contributed by atoms with van der Waals surface area (Å²) in [5.74, 6) is -1.61. The predicted molar refractivity (Wildman–Crippen MR) is 71.2 cm³/mol. The van der Waals surface area contributed by atoms with Crippen molar-refractivity contribution in [2.24, 2.45) is 11.7 Å². The zero-order valence-corrected chi connectivity index (χ0v) is 11.1. The smallest absolute Gasteiger partial charge is 0.224 e. The second kappa shape index (κ2) is 6.60. The maximum Gasteiger partial charge on any atom is 0.224 e. The molecule has 1 atom stereocenters. The number of rotatable bonds is 4. The Balaban J connectivity index is 2.04. The molecule has 110 valence electrons. The first-order chi connectivity index (χ1) is 9.61. The minimum absolute atomic E-state index is 0.0809. The van der Waals surface area contributed by atoms with Gasteiger partial charge in [-0.25, -0.2) is 13.8 Å². The molecule has 20 heavy (non-hydrogen) atoms. The van der Waals surface area contributed by atoms with Crippen LogP contribution < -0.4 is 16.0 Å². The zero-order chi connectivity index (χ0) is 14.5. The van der Waals surface area contributed by atoms with E-state index in [1.54, 1.807) is 4.90 Å². The van der Waals surface area contributed by atoms with Gasteiger partial charge < -0.3 is 16.0 Å². The van der Waals surface area contributed by atoms with Crippen LogP contribution in [0.2, 0.25) is 0 Å². The van der Waals surface area contributed by atoms with Gasteiger partial charge in [0.05, 0.1) is 12.1 Å². The first kappa shape index (κ1) is 14.6. The second-order valence-corrected chi connectivity index (χ2v) is 4.82. The van der Waals surface area contributed by atoms with E-state index in [1.807, 2.05) is 0 Å². The Hall–Kier alpha value is -1.76. The van der Waals surface area contributed by atoms with Gasteiger partial charge in [0, 0.05) is 32.2 Å². The third kappa shape index (κ3) is 3.41. The predicted octanol–water partition coefficient (Wildman–Crippen LogP) is 0.651. The molecule has 3 N–H and O–H groups in total. The Labute approximate surface area is 116 Å². The molecule has 0 saturated carbocycles. The van der Waals surface area contributed by atoms with Crippen LogP contribution in [-0.2, 0) is 4.79 Å². The van der Waals surface area contributed by atoms with Gasteiger partial charge in [-0.15, -0.1) is 0 Å². The number of nitrogens with one attached hydrogen (secondary N) is 1. The van der Waals surface area contributed by atoms with Gasteiger partial charge in [-0.05, 0) is 12.8 Å². The number of piperidine rings is 1. The molecule has 7 heteroatoms. The first-order valence-corrected chi connectivity index (χ1v) is 6.65. The van der Waals surface area contributed by atoms with Crippen LogP contribution in [0.3, 0.4) is 0 Å². The normalized spacial score (nSPS) is 18.9. The number of aromatic nitrogens is 1. The molecule has 0 aliphatic carbocycles. The van der Waals surface area contributed by atoms with Crippen molar-refractivity contribution >= 4 is 11.7 Å². The van der Waals surface area contributed by atoms with E-state index in [0.717, 1.165) is 25.1 Å². The molecule has 1 aromatic heterocycles. The molecule has 1 aliphatic rings. The molecule has 1 saturated heterocycles. The Morgan fingerprint density at radius 1 is 1.55 bits per heavy atom. The van der Waals surface area contributed by atoms with E-state index in [0.29, 0.717) is 26.2 Å². The lowest BCUT2D eigenvalue weighted by Crippen LogP contribution is -2.44. The highest BCUT2D eigenvalue weighted by Crippen LogP contribution is 2.24. The zero-order valence-electron chi connectivity index (χ0n) is 11.1. The summed E-state index contributed by atoms with van der Waals surface area (Å²) in [5.41, 5.74) is 5.34. The number of nitrogens with zero attached hydrogens (tertiary/aromatic N) is 2. The maximum absolute atomic E-state index is 13.7. The molecule has 2 heterocycles. The summed E-state index contributed by atoms with van der Waals surface area (Å²) in [7, 11) is 0. The molecule has 1 aromatic rings. The SMILES string of the molecule is NCCNC(=O)C1CCCN(c2ncc(F)cc2F)C1. The number of halogens is 2. The summed E-state index contributed by atoms with van der Waals surface area (Å²) in [4.78, 5) is 17.4. The van der Waals surface area contributed by atoms with E-state index in [2.05, 4.69) is 10.3 Å². The summed E-state index contributed by atoms with van der Waals surface area (Å²) in [5, 5.41) is 2.73. The number of nitrogens with two attached hydrogens (primary N) is 1. The largest absolute Gasteiger partial charge is 0.355 e. The number of anilines is 1. The fourth-order valence-corrected chi connectivity index (χ4v) is 2.36. The average Bonchev–Trinajstić information content (AvgIpc) is 2.45. The van der Waals surface area contributed by atoms with Crippen molar-refractivity contribution in [3.05, 3.63) is 23.9 Å². The summed E-state index contributed by atoms with van der Waals surface area (Å²) in [6.45, 7) is 1.80. The molecule has 1 amide bonds. The van der Waals surface area contributed by atoms with Crippen LogP contribution >= 0.6 is 0 Å². The molecule has 2 rings (SSSR count). The van der Waals surface area contributed by atoms with Crippen molar-refractivity contribution in [1.82, 2.24) is 10.3 Å². The lowest BCUT2D eigenvalue weighted by molar-refractivity contribution is -0.125. The van der Waals surface area contributed by atoms with E-state index in [1.165, 1.54) is 0 Å². The van der Waals surface area contributed by atoms with Crippen LogP contribution in [0, 0.1) is 17.6 Å². The van der Waals surface area contributed by atoms with E-state index in [4.69, 9.17) is 5.73 Å². The van der Waals surface area contributed by atoms with Gasteiger partial charge in [-0.3, -0.25) is 4.79 Å². The highest BCUT2D eigenvalue weighted by atomic mass is 19.1. The number of amides is 1. The van der Waals surface area contributed by atoms with Crippen LogP contribution in [-0.4, -0.2) is 37.1 Å². The van der Waals surface area contributed by atoms with Gasteiger partial charge in [0.15, 0.2) is 11.6 Å². The van der Waals surface area contributed by atoms with E-state index in [9.17, 15) is 13.6 Å². The Morgan fingerprint density at radius 2 is 2.35 bits per heavy atom. The van der Waals surface area contributed by atoms with Crippen molar-refractivity contribution in [3.8, 4) is 0 Å². The lowest BCUT2D eigenvalue weighted by atomic mass is 9.97. The molecule has 0 bridgehead atoms. The number of hydrogen-bond donors (Lipinski definition) is 2. The van der Waals surface area contributed by atoms with E-state index < -0.39 is 11.6 Å². The van der Waals surface area contributed by atoms with Crippen LogP contribution in [0.1, 0.15) is 12.8 Å². The number of carbonyl (C=O) groups is 1. The van der Waals surface area contributed by atoms with Crippen molar-refractivity contribution < 1.29 is 13.6 Å². The van der Waals surface area contributed by atoms with Crippen molar-refractivity contribution in [1.29, 1.82) is 0 Å². The summed E-state index contributed by atoms with van der Waals surface area (Å²) >= 11 is 0. The Bertz CT molecular complexity index is 483. The van der Waals surface area contributed by atoms with Gasteiger partial charge in [0.1, 0.15) is 5.82 Å². The molecule has 1 aliphatic heterocycles. The van der Waals surface area contributed by atoms with Crippen LogP contribution in [0.15, 0.2) is 12.3 Å². The quantitative estimate of drug-likeness (QED) is 0.851. The maximum atomic E-state index is 13.7. The molecular weight excluding hydrogens is 266 g/mol. The van der Waals surface area contributed by atoms with Crippen molar-refractivity contribution in [2.45, 2.75) is 12.8 Å². The summed E-state index contributed by atoms with van der Waals surface area (Å²) < 4.78 is 26.6. The highest BCUT2D eigenvalue weighted by Gasteiger charge is 2.27. The second-order valence-electron chi connectivity index (χ2n) is 4.82. The Kier molecular flexibility index (Phi) is 4.84. The number of hydrogen-bond acceptors (Lipinski definition) is 4. The topological polar surface area (TPSA) is 71.2 Å². The first-order valence-electron chi connectivity index (χ1n) is 6.65. The molecule has 0 aromatic carbocycles. The van der Waals surface area contributed by atoms with Crippen LogP contribution in [0.5, 0.6) is 0 Å². The summed E-state index contributed by atoms with van der Waals surface area (Å²) in [6, 6.07) is 0.806. The fourth-order valence-electron chi connectivity index (χ4n) is 2.36. The third-order valence-corrected chi connectivity index (χ3v) is 3.32. The molecular formula is C13H18F2N4O. The van der Waals surface area contributed by atoms with Crippen molar-refractivity contribution in [3.63, 3.8) is 0 Å². The van der Waals surface area contributed by atoms with Crippen molar-refractivity contribution in [2.75, 3.05) is 31.1 Å². The number of carbonyl (C=O) groups excluding carboxylic acids is 1. The molecule has 5 nitrogen and oxygen atoms in total. The molecule has 1 fully saturated rings. The average molecular weight is 284 g/mol. The van der Waals surface area contributed by atoms with Crippen LogP contribution in [0.25, 0.3) is 0 Å². The summed E-state index contributed by atoms with van der Waals surface area (Å²) in [6.07, 6.45) is 2.49. The van der Waals surface area contributed by atoms with E-state index in [-0.39, 0.29) is 17.6 Å². The van der Waals surface area contributed by atoms with Gasteiger partial charge in [-0.2, -0.15) is 0 Å². The van der Waals surface area contributed by atoms with Gasteiger partial charge >= 0.3 is 0 Å². The van der Waals surface area contributed by atoms with Gasteiger partial charge in [-0.1, -0.05) is 0 Å². The Morgan fingerprint density at radius 3 is 3.05 bits per heavy atom. The van der Waals surface area contributed by atoms with Gasteiger partial charge in [0.2, 0.25) is 5.91 Å². The fraction of sp³-hybridized carbons (Fsp3) is 0.538. The third-order valence-electron chi connectivity index (χ3n) is 3.32. The lowest BCUT2D eigenvalue weighted by Gasteiger charge is -2.32.